The highest BCUT2D eigenvalue weighted by atomic mass is 32.1. The third kappa shape index (κ3) is 4.39. The number of hydrogen-bond donors (Lipinski definition) is 1. The summed E-state index contributed by atoms with van der Waals surface area (Å²) in [6.07, 6.45) is 1.37. The van der Waals surface area contributed by atoms with Crippen molar-refractivity contribution in [3.63, 3.8) is 0 Å². The number of rotatable bonds is 5. The van der Waals surface area contributed by atoms with E-state index in [9.17, 15) is 9.59 Å². The Labute approximate surface area is 164 Å². The fourth-order valence-corrected chi connectivity index (χ4v) is 4.12. The number of nitrogens with zero attached hydrogens (tertiary/aromatic N) is 2. The van der Waals surface area contributed by atoms with E-state index in [4.69, 9.17) is 0 Å². The van der Waals surface area contributed by atoms with Crippen LogP contribution in [0.25, 0.3) is 0 Å². The van der Waals surface area contributed by atoms with Crippen molar-refractivity contribution in [3.8, 4) is 0 Å². The minimum absolute atomic E-state index is 0.00286. The fourth-order valence-electron chi connectivity index (χ4n) is 3.13. The van der Waals surface area contributed by atoms with Gasteiger partial charge in [-0.2, -0.15) is 0 Å². The van der Waals surface area contributed by atoms with Gasteiger partial charge in [-0.05, 0) is 54.1 Å². The second-order valence-corrected chi connectivity index (χ2v) is 7.62. The smallest absolute Gasteiger partial charge is 0.261 e. The second-order valence-electron chi connectivity index (χ2n) is 6.74. The lowest BCUT2D eigenvalue weighted by molar-refractivity contribution is -0.126. The number of benzene rings is 1. The summed E-state index contributed by atoms with van der Waals surface area (Å²) in [6, 6.07) is 8.24. The summed E-state index contributed by atoms with van der Waals surface area (Å²) in [7, 11) is 0. The SMILES string of the molecule is C=CC(=O)N1CCN(c2ccc(CNC(=O)c3scc(C)c3C)cc2)CC1. The van der Waals surface area contributed by atoms with Crippen molar-refractivity contribution >= 4 is 28.8 Å². The van der Waals surface area contributed by atoms with E-state index in [0.717, 1.165) is 40.3 Å². The predicted molar refractivity (Wildman–Crippen MR) is 110 cm³/mol. The molecule has 1 aromatic heterocycles. The highest BCUT2D eigenvalue weighted by molar-refractivity contribution is 7.12. The molecule has 1 fully saturated rings. The van der Waals surface area contributed by atoms with Crippen LogP contribution < -0.4 is 10.2 Å². The fraction of sp³-hybridized carbons (Fsp3) is 0.333. The van der Waals surface area contributed by atoms with Gasteiger partial charge in [0, 0.05) is 38.4 Å². The molecule has 0 bridgehead atoms. The minimum atomic E-state index is -0.0160. The maximum atomic E-state index is 12.3. The van der Waals surface area contributed by atoms with E-state index in [1.165, 1.54) is 17.4 Å². The molecule has 1 aliphatic rings. The van der Waals surface area contributed by atoms with Gasteiger partial charge in [-0.25, -0.2) is 0 Å². The molecule has 0 spiro atoms. The van der Waals surface area contributed by atoms with Crippen LogP contribution in [0.2, 0.25) is 0 Å². The topological polar surface area (TPSA) is 52.7 Å². The molecule has 1 N–H and O–H groups in total. The summed E-state index contributed by atoms with van der Waals surface area (Å²) < 4.78 is 0. The van der Waals surface area contributed by atoms with E-state index in [0.29, 0.717) is 19.6 Å². The van der Waals surface area contributed by atoms with Crippen LogP contribution >= 0.6 is 11.3 Å². The van der Waals surface area contributed by atoms with Crippen molar-refractivity contribution in [1.82, 2.24) is 10.2 Å². The maximum absolute atomic E-state index is 12.3. The highest BCUT2D eigenvalue weighted by Gasteiger charge is 2.19. The lowest BCUT2D eigenvalue weighted by Gasteiger charge is -2.35. The van der Waals surface area contributed by atoms with Crippen molar-refractivity contribution < 1.29 is 9.59 Å². The molecule has 5 nitrogen and oxygen atoms in total. The molecule has 27 heavy (non-hydrogen) atoms. The number of amides is 2. The van der Waals surface area contributed by atoms with E-state index in [2.05, 4.69) is 28.9 Å². The van der Waals surface area contributed by atoms with E-state index in [-0.39, 0.29) is 11.8 Å². The van der Waals surface area contributed by atoms with Gasteiger partial charge in [0.25, 0.3) is 5.91 Å². The number of hydrogen-bond acceptors (Lipinski definition) is 4. The number of anilines is 1. The van der Waals surface area contributed by atoms with Gasteiger partial charge in [0.2, 0.25) is 5.91 Å². The van der Waals surface area contributed by atoms with Gasteiger partial charge in [-0.3, -0.25) is 9.59 Å². The molecule has 6 heteroatoms. The second kappa shape index (κ2) is 8.39. The van der Waals surface area contributed by atoms with Gasteiger partial charge in [0.1, 0.15) is 0 Å². The monoisotopic (exact) mass is 383 g/mol. The van der Waals surface area contributed by atoms with Gasteiger partial charge in [0.15, 0.2) is 0 Å². The summed E-state index contributed by atoms with van der Waals surface area (Å²) >= 11 is 1.49. The summed E-state index contributed by atoms with van der Waals surface area (Å²) in [6.45, 7) is 11.1. The first-order valence-corrected chi connectivity index (χ1v) is 9.95. The van der Waals surface area contributed by atoms with Crippen LogP contribution in [-0.4, -0.2) is 42.9 Å². The van der Waals surface area contributed by atoms with Crippen LogP contribution in [0.3, 0.4) is 0 Å². The molecule has 3 rings (SSSR count). The van der Waals surface area contributed by atoms with Crippen LogP contribution in [0.1, 0.15) is 26.4 Å². The molecular weight excluding hydrogens is 358 g/mol. The molecule has 1 aromatic carbocycles. The lowest BCUT2D eigenvalue weighted by Crippen LogP contribution is -2.48. The molecule has 1 aliphatic heterocycles. The zero-order valence-electron chi connectivity index (χ0n) is 15.8. The van der Waals surface area contributed by atoms with Crippen molar-refractivity contribution in [2.24, 2.45) is 0 Å². The zero-order chi connectivity index (χ0) is 19.4. The van der Waals surface area contributed by atoms with Crippen molar-refractivity contribution in [3.05, 3.63) is 63.9 Å². The van der Waals surface area contributed by atoms with Crippen LogP contribution in [0.4, 0.5) is 5.69 Å². The Morgan fingerprint density at radius 2 is 1.81 bits per heavy atom. The Hall–Kier alpha value is -2.60. The highest BCUT2D eigenvalue weighted by Crippen LogP contribution is 2.21. The first-order valence-electron chi connectivity index (χ1n) is 9.07. The standard InChI is InChI=1S/C21H25N3O2S/c1-4-19(25)24-11-9-23(10-12-24)18-7-5-17(6-8-18)13-22-21(26)20-16(3)15(2)14-27-20/h4-8,14H,1,9-13H2,2-3H3,(H,22,26). The van der Waals surface area contributed by atoms with Crippen LogP contribution in [-0.2, 0) is 11.3 Å². The van der Waals surface area contributed by atoms with E-state index in [1.54, 1.807) is 0 Å². The summed E-state index contributed by atoms with van der Waals surface area (Å²) in [5.74, 6) is -0.0189. The Morgan fingerprint density at radius 3 is 2.37 bits per heavy atom. The molecule has 0 atom stereocenters. The number of aryl methyl sites for hydroxylation is 1. The Bertz CT molecular complexity index is 834. The van der Waals surface area contributed by atoms with E-state index < -0.39 is 0 Å². The molecule has 142 valence electrons. The average Bonchev–Trinajstić information content (AvgIpc) is 3.05. The molecule has 2 aromatic rings. The number of thiophene rings is 1. The number of nitrogens with one attached hydrogen (secondary N) is 1. The van der Waals surface area contributed by atoms with Gasteiger partial charge >= 0.3 is 0 Å². The minimum Gasteiger partial charge on any atom is -0.368 e. The van der Waals surface area contributed by atoms with Crippen LogP contribution in [0.5, 0.6) is 0 Å². The van der Waals surface area contributed by atoms with Crippen molar-refractivity contribution in [2.45, 2.75) is 20.4 Å². The summed E-state index contributed by atoms with van der Waals surface area (Å²) in [4.78, 5) is 28.9. The van der Waals surface area contributed by atoms with Gasteiger partial charge < -0.3 is 15.1 Å². The summed E-state index contributed by atoms with van der Waals surface area (Å²) in [5, 5.41) is 5.01. The van der Waals surface area contributed by atoms with Gasteiger partial charge in [-0.15, -0.1) is 11.3 Å². The molecule has 0 radical (unpaired) electrons. The van der Waals surface area contributed by atoms with Crippen LogP contribution in [0, 0.1) is 13.8 Å². The molecular formula is C21H25N3O2S. The number of carbonyl (C=O) groups is 2. The normalized spacial score (nSPS) is 14.1. The molecule has 0 aliphatic carbocycles. The Kier molecular flexibility index (Phi) is 5.96. The summed E-state index contributed by atoms with van der Waals surface area (Å²) in [5.41, 5.74) is 4.42. The largest absolute Gasteiger partial charge is 0.368 e. The molecule has 2 amide bonds. The first-order chi connectivity index (χ1) is 13.0. The third-order valence-electron chi connectivity index (χ3n) is 5.01. The molecule has 2 heterocycles. The lowest BCUT2D eigenvalue weighted by atomic mass is 10.1. The predicted octanol–water partition coefficient (Wildman–Crippen LogP) is 3.13. The average molecular weight is 384 g/mol. The maximum Gasteiger partial charge on any atom is 0.261 e. The third-order valence-corrected chi connectivity index (χ3v) is 6.21. The van der Waals surface area contributed by atoms with Gasteiger partial charge in [0.05, 0.1) is 4.88 Å². The molecule has 0 saturated carbocycles. The quantitative estimate of drug-likeness (QED) is 0.807. The van der Waals surface area contributed by atoms with Crippen molar-refractivity contribution in [2.75, 3.05) is 31.1 Å². The zero-order valence-corrected chi connectivity index (χ0v) is 16.6. The van der Waals surface area contributed by atoms with E-state index >= 15 is 0 Å². The molecule has 0 unspecified atom stereocenters. The molecule has 1 saturated heterocycles. The Balaban J connectivity index is 1.53. The number of piperazine rings is 1. The van der Waals surface area contributed by atoms with Crippen LogP contribution in [0.15, 0.2) is 42.3 Å². The van der Waals surface area contributed by atoms with Crippen molar-refractivity contribution in [1.29, 1.82) is 0 Å². The number of carbonyl (C=O) groups excluding carboxylic acids is 2. The van der Waals surface area contributed by atoms with E-state index in [1.807, 2.05) is 36.3 Å². The first kappa shape index (κ1) is 19.2. The van der Waals surface area contributed by atoms with Gasteiger partial charge in [-0.1, -0.05) is 18.7 Å². The Morgan fingerprint density at radius 1 is 1.15 bits per heavy atom.